The standard InChI is InChI=1S/C51H57BN2S/c1-47(2,3)31-17-21-34(22-18-31)53-40-26-20-32(48(4,5)6)27-39(40)52-44-41(53)15-14-16-42(44)54(35-23-25-37-38(29-35)51(12,13)30-50(37,10)11)45-36-24-19-33(49(7,8)9)28-43(36)55-46(45)52/h14-29H,30H2,1-13H3/i14T. The molecule has 1 aromatic heterocycles. The lowest BCUT2D eigenvalue weighted by Crippen LogP contribution is -2.60. The fraction of sp³-hybridized carbons (Fsp3) is 0.373. The van der Waals surface area contributed by atoms with E-state index in [0.29, 0.717) is 6.04 Å². The van der Waals surface area contributed by atoms with Crippen LogP contribution in [0.4, 0.5) is 34.1 Å². The zero-order valence-corrected chi connectivity index (χ0v) is 36.1. The molecule has 0 N–H and O–H groups in total. The average Bonchev–Trinajstić information content (AvgIpc) is 3.56. The van der Waals surface area contributed by atoms with Crippen molar-refractivity contribution in [3.8, 4) is 0 Å². The van der Waals surface area contributed by atoms with E-state index in [1.807, 2.05) is 11.3 Å². The minimum atomic E-state index is -0.0152. The zero-order valence-electron chi connectivity index (χ0n) is 36.2. The van der Waals surface area contributed by atoms with Gasteiger partial charge in [0.15, 0.2) is 0 Å². The lowest BCUT2D eigenvalue weighted by molar-refractivity contribution is 0.403. The molecule has 280 valence electrons. The summed E-state index contributed by atoms with van der Waals surface area (Å²) in [4.78, 5) is 4.99. The van der Waals surface area contributed by atoms with E-state index >= 15 is 0 Å². The van der Waals surface area contributed by atoms with Crippen LogP contribution in [-0.4, -0.2) is 6.71 Å². The number of nitrogens with zero attached hydrogens (tertiary/aromatic N) is 2. The Morgan fingerprint density at radius 2 is 1.15 bits per heavy atom. The molecule has 5 aromatic carbocycles. The Morgan fingerprint density at radius 1 is 0.582 bits per heavy atom. The summed E-state index contributed by atoms with van der Waals surface area (Å²) in [6.07, 6.45) is 1.12. The lowest BCUT2D eigenvalue weighted by Gasteiger charge is -2.43. The van der Waals surface area contributed by atoms with Crippen molar-refractivity contribution in [2.75, 3.05) is 9.80 Å². The van der Waals surface area contributed by atoms with Gasteiger partial charge in [0, 0.05) is 43.3 Å². The van der Waals surface area contributed by atoms with Gasteiger partial charge in [-0.2, -0.15) is 0 Å². The number of anilines is 6. The van der Waals surface area contributed by atoms with Crippen molar-refractivity contribution in [2.24, 2.45) is 0 Å². The molecule has 55 heavy (non-hydrogen) atoms. The normalized spacial score (nSPS) is 17.2. The molecule has 0 atom stereocenters. The second kappa shape index (κ2) is 11.6. The molecule has 6 aromatic rings. The van der Waals surface area contributed by atoms with Crippen LogP contribution in [-0.2, 0) is 27.1 Å². The maximum Gasteiger partial charge on any atom is 0.264 e. The molecule has 3 heterocycles. The van der Waals surface area contributed by atoms with Gasteiger partial charge >= 0.3 is 0 Å². The number of hydrogen-bond acceptors (Lipinski definition) is 3. The average molecular weight is 743 g/mol. The fourth-order valence-electron chi connectivity index (χ4n) is 10.1. The molecule has 0 saturated heterocycles. The number of fused-ring (bicyclic) bond motifs is 7. The van der Waals surface area contributed by atoms with Crippen molar-refractivity contribution >= 4 is 78.0 Å². The molecule has 0 unspecified atom stereocenters. The summed E-state index contributed by atoms with van der Waals surface area (Å²) in [5, 5.41) is 1.29. The Balaban J connectivity index is 1.39. The van der Waals surface area contributed by atoms with Crippen LogP contribution in [0.1, 0.15) is 126 Å². The molecule has 3 aliphatic rings. The SMILES string of the molecule is [3H]c1cc2c3c(c1)N(c1ccc4c(c1)C(C)(C)CC4(C)C)c1c(sc4cc(C(C)(C)C)ccc14)B3c1cc(C(C)(C)C)ccc1N2c1ccc(C(C)(C)C)cc1. The highest BCUT2D eigenvalue weighted by molar-refractivity contribution is 7.33. The van der Waals surface area contributed by atoms with Gasteiger partial charge in [-0.05, 0) is 121 Å². The summed E-state index contributed by atoms with van der Waals surface area (Å²) in [6, 6.07) is 35.6. The van der Waals surface area contributed by atoms with Crippen LogP contribution < -0.4 is 25.5 Å². The Bertz CT molecular complexity index is 2590. The molecule has 9 rings (SSSR count). The van der Waals surface area contributed by atoms with Crippen LogP contribution in [0.3, 0.4) is 0 Å². The molecule has 0 saturated carbocycles. The van der Waals surface area contributed by atoms with Gasteiger partial charge in [-0.3, -0.25) is 0 Å². The number of hydrogen-bond donors (Lipinski definition) is 0. The van der Waals surface area contributed by atoms with Crippen molar-refractivity contribution in [1.29, 1.82) is 0 Å². The van der Waals surface area contributed by atoms with Crippen LogP contribution in [0.25, 0.3) is 10.1 Å². The predicted molar refractivity (Wildman–Crippen MR) is 243 cm³/mol. The van der Waals surface area contributed by atoms with Gasteiger partial charge in [0.2, 0.25) is 0 Å². The molecular formula is C51H57BN2S. The monoisotopic (exact) mass is 742 g/mol. The minimum absolute atomic E-state index is 0.0152. The topological polar surface area (TPSA) is 6.48 Å². The third-order valence-corrected chi connectivity index (χ3v) is 14.1. The third-order valence-electron chi connectivity index (χ3n) is 12.8. The van der Waals surface area contributed by atoms with Gasteiger partial charge in [-0.15, -0.1) is 11.3 Å². The first-order valence-electron chi connectivity index (χ1n) is 20.8. The number of rotatable bonds is 2. The quantitative estimate of drug-likeness (QED) is 0.163. The van der Waals surface area contributed by atoms with Crippen LogP contribution >= 0.6 is 11.3 Å². The van der Waals surface area contributed by atoms with E-state index in [4.69, 9.17) is 0 Å². The fourth-order valence-corrected chi connectivity index (χ4v) is 11.4. The smallest absolute Gasteiger partial charge is 0.264 e. The largest absolute Gasteiger partial charge is 0.311 e. The number of benzene rings is 5. The molecule has 0 spiro atoms. The Labute approximate surface area is 336 Å². The van der Waals surface area contributed by atoms with Crippen molar-refractivity contribution in [3.05, 3.63) is 125 Å². The van der Waals surface area contributed by atoms with Gasteiger partial charge in [0.05, 0.1) is 7.06 Å². The molecule has 4 heteroatoms. The molecule has 1 aliphatic carbocycles. The maximum atomic E-state index is 9.48. The van der Waals surface area contributed by atoms with Crippen molar-refractivity contribution < 1.29 is 1.37 Å². The number of thiophene rings is 1. The molecule has 2 nitrogen and oxygen atoms in total. The Morgan fingerprint density at radius 3 is 1.80 bits per heavy atom. The predicted octanol–water partition coefficient (Wildman–Crippen LogP) is 12.8. The summed E-state index contributed by atoms with van der Waals surface area (Å²) in [7, 11) is 0. The van der Waals surface area contributed by atoms with Crippen LogP contribution in [0.15, 0.2) is 97.0 Å². The molecule has 0 amide bonds. The minimum Gasteiger partial charge on any atom is -0.311 e. The molecular weight excluding hydrogens is 683 g/mol. The van der Waals surface area contributed by atoms with Crippen LogP contribution in [0.5, 0.6) is 0 Å². The maximum absolute atomic E-state index is 9.48. The molecule has 2 aliphatic heterocycles. The first kappa shape index (κ1) is 35.2. The van der Waals surface area contributed by atoms with E-state index in [1.165, 1.54) is 70.7 Å². The second-order valence-corrected chi connectivity index (χ2v) is 22.1. The van der Waals surface area contributed by atoms with Gasteiger partial charge in [-0.25, -0.2) is 0 Å². The van der Waals surface area contributed by atoms with Gasteiger partial charge < -0.3 is 9.80 Å². The summed E-state index contributed by atoms with van der Waals surface area (Å²) in [5.74, 6) is 0. The van der Waals surface area contributed by atoms with Gasteiger partial charge in [0.1, 0.15) is 0 Å². The zero-order chi connectivity index (χ0) is 40.1. The first-order valence-corrected chi connectivity index (χ1v) is 21.1. The van der Waals surface area contributed by atoms with E-state index < -0.39 is 0 Å². The summed E-state index contributed by atoms with van der Waals surface area (Å²) in [6.45, 7) is 30.4. The third kappa shape index (κ3) is 5.56. The lowest BCUT2D eigenvalue weighted by atomic mass is 9.36. The van der Waals surface area contributed by atoms with E-state index in [9.17, 15) is 1.37 Å². The summed E-state index contributed by atoms with van der Waals surface area (Å²) >= 11 is 1.97. The first-order chi connectivity index (χ1) is 26.0. The van der Waals surface area contributed by atoms with Crippen molar-refractivity contribution in [3.63, 3.8) is 0 Å². The van der Waals surface area contributed by atoms with E-state index in [-0.39, 0.29) is 33.8 Å². The van der Waals surface area contributed by atoms with Crippen molar-refractivity contribution in [2.45, 2.75) is 124 Å². The molecule has 0 bridgehead atoms. The summed E-state index contributed by atoms with van der Waals surface area (Å²) in [5.41, 5.74) is 16.8. The van der Waals surface area contributed by atoms with E-state index in [0.717, 1.165) is 23.5 Å². The van der Waals surface area contributed by atoms with E-state index in [1.54, 1.807) is 0 Å². The van der Waals surface area contributed by atoms with Gasteiger partial charge in [-0.1, -0.05) is 139 Å². The van der Waals surface area contributed by atoms with Crippen molar-refractivity contribution in [1.82, 2.24) is 0 Å². The molecule has 0 radical (unpaired) electrons. The highest BCUT2D eigenvalue weighted by Crippen LogP contribution is 2.53. The molecule has 0 fully saturated rings. The van der Waals surface area contributed by atoms with Gasteiger partial charge in [0.25, 0.3) is 6.71 Å². The highest BCUT2D eigenvalue weighted by Gasteiger charge is 2.47. The Kier molecular flexibility index (Phi) is 7.44. The summed E-state index contributed by atoms with van der Waals surface area (Å²) < 4.78 is 12.2. The van der Waals surface area contributed by atoms with Crippen LogP contribution in [0.2, 0.25) is 0 Å². The second-order valence-electron chi connectivity index (χ2n) is 21.0. The highest BCUT2D eigenvalue weighted by atomic mass is 32.1. The van der Waals surface area contributed by atoms with Crippen LogP contribution in [0, 0.1) is 0 Å². The van der Waals surface area contributed by atoms with E-state index in [2.05, 4.69) is 191 Å². The Hall–Kier alpha value is -4.28.